The van der Waals surface area contributed by atoms with Gasteiger partial charge in [-0.05, 0) is 24.3 Å². The van der Waals surface area contributed by atoms with Gasteiger partial charge in [0.1, 0.15) is 30.4 Å². The lowest BCUT2D eigenvalue weighted by Crippen LogP contribution is -2.15. The maximum Gasteiger partial charge on any atom is 0.261 e. The predicted octanol–water partition coefficient (Wildman–Crippen LogP) is 4.06. The number of ether oxygens (including phenoxy) is 2. The molecule has 2 aromatic carbocycles. The highest BCUT2D eigenvalue weighted by Gasteiger charge is 2.15. The molecule has 1 amide bonds. The first-order valence-electron chi connectivity index (χ1n) is 8.31. The van der Waals surface area contributed by atoms with Crippen molar-refractivity contribution in [1.82, 2.24) is 4.98 Å². The van der Waals surface area contributed by atoms with E-state index in [9.17, 15) is 9.59 Å². The van der Waals surface area contributed by atoms with Crippen LogP contribution in [0.15, 0.2) is 60.0 Å². The normalized spacial score (nSPS) is 10.3. The van der Waals surface area contributed by atoms with E-state index in [4.69, 9.17) is 9.47 Å². The molecule has 0 radical (unpaired) electrons. The molecule has 1 N–H and O–H groups in total. The van der Waals surface area contributed by atoms with E-state index in [-0.39, 0.29) is 11.7 Å². The van der Waals surface area contributed by atoms with Crippen molar-refractivity contribution in [3.8, 4) is 11.5 Å². The minimum absolute atomic E-state index is 0.145. The first-order chi connectivity index (χ1) is 13.1. The monoisotopic (exact) mass is 382 g/mol. The number of Topliss-reactive ketones (excluding diaryl/α,β-unsaturated/α-hetero) is 1. The molecule has 0 aliphatic heterocycles. The SMILES string of the molecule is CC(=O)c1csc(NC(=O)c2ccccc2OCCOc2ccccc2)n1. The van der Waals surface area contributed by atoms with Crippen LogP contribution in [0.25, 0.3) is 0 Å². The number of hydrogen-bond donors (Lipinski definition) is 1. The van der Waals surface area contributed by atoms with Crippen molar-refractivity contribution in [1.29, 1.82) is 0 Å². The van der Waals surface area contributed by atoms with Gasteiger partial charge in [-0.25, -0.2) is 4.98 Å². The van der Waals surface area contributed by atoms with Crippen LogP contribution in [0.3, 0.4) is 0 Å². The van der Waals surface area contributed by atoms with Crippen LogP contribution < -0.4 is 14.8 Å². The molecule has 0 aliphatic carbocycles. The summed E-state index contributed by atoms with van der Waals surface area (Å²) in [6, 6.07) is 16.4. The van der Waals surface area contributed by atoms with Crippen LogP contribution >= 0.6 is 11.3 Å². The van der Waals surface area contributed by atoms with Crippen LogP contribution in [0.4, 0.5) is 5.13 Å². The van der Waals surface area contributed by atoms with Crippen LogP contribution in [-0.4, -0.2) is 29.9 Å². The topological polar surface area (TPSA) is 77.5 Å². The molecule has 0 aliphatic rings. The maximum atomic E-state index is 12.5. The first kappa shape index (κ1) is 18.6. The van der Waals surface area contributed by atoms with E-state index >= 15 is 0 Å². The number of anilines is 1. The van der Waals surface area contributed by atoms with Gasteiger partial charge in [0.15, 0.2) is 10.9 Å². The van der Waals surface area contributed by atoms with Gasteiger partial charge in [-0.2, -0.15) is 0 Å². The molecule has 0 atom stereocenters. The number of amides is 1. The molecule has 7 heteroatoms. The Kier molecular flexibility index (Phi) is 6.17. The fourth-order valence-electron chi connectivity index (χ4n) is 2.27. The molecule has 6 nitrogen and oxygen atoms in total. The Morgan fingerprint density at radius 1 is 1.00 bits per heavy atom. The third-order valence-corrected chi connectivity index (χ3v) is 4.33. The number of nitrogens with one attached hydrogen (secondary N) is 1. The van der Waals surface area contributed by atoms with Gasteiger partial charge in [-0.3, -0.25) is 14.9 Å². The molecule has 3 aromatic rings. The molecule has 3 rings (SSSR count). The average molecular weight is 382 g/mol. The minimum atomic E-state index is -0.348. The third kappa shape index (κ3) is 5.15. The zero-order valence-corrected chi connectivity index (χ0v) is 15.5. The van der Waals surface area contributed by atoms with Gasteiger partial charge in [-0.1, -0.05) is 30.3 Å². The molecule has 0 fully saturated rings. The molecule has 0 saturated heterocycles. The Morgan fingerprint density at radius 3 is 2.44 bits per heavy atom. The van der Waals surface area contributed by atoms with E-state index in [0.717, 1.165) is 5.75 Å². The van der Waals surface area contributed by atoms with E-state index < -0.39 is 0 Å². The molecule has 1 aromatic heterocycles. The van der Waals surface area contributed by atoms with Crippen molar-refractivity contribution in [3.63, 3.8) is 0 Å². The van der Waals surface area contributed by atoms with Crippen molar-refractivity contribution in [2.24, 2.45) is 0 Å². The largest absolute Gasteiger partial charge is 0.490 e. The number of hydrogen-bond acceptors (Lipinski definition) is 6. The quantitative estimate of drug-likeness (QED) is 0.470. The standard InChI is InChI=1S/C20H18N2O4S/c1-14(23)17-13-27-20(21-17)22-19(24)16-9-5-6-10-18(16)26-12-11-25-15-7-3-2-4-8-15/h2-10,13H,11-12H2,1H3,(H,21,22,24). The highest BCUT2D eigenvalue weighted by molar-refractivity contribution is 7.14. The summed E-state index contributed by atoms with van der Waals surface area (Å²) in [5.74, 6) is 0.722. The van der Waals surface area contributed by atoms with Gasteiger partial charge in [0.05, 0.1) is 5.56 Å². The second-order valence-corrected chi connectivity index (χ2v) is 6.41. The Labute approximate surface area is 160 Å². The zero-order chi connectivity index (χ0) is 19.1. The van der Waals surface area contributed by atoms with Gasteiger partial charge in [-0.15, -0.1) is 11.3 Å². The summed E-state index contributed by atoms with van der Waals surface area (Å²) in [7, 11) is 0. The molecule has 0 bridgehead atoms. The Bertz CT molecular complexity index is 924. The predicted molar refractivity (Wildman–Crippen MR) is 104 cm³/mol. The average Bonchev–Trinajstić information content (AvgIpc) is 3.15. The maximum absolute atomic E-state index is 12.5. The number of carbonyl (C=O) groups excluding carboxylic acids is 2. The van der Waals surface area contributed by atoms with E-state index in [1.54, 1.807) is 29.6 Å². The summed E-state index contributed by atoms with van der Waals surface area (Å²) < 4.78 is 11.3. The fraction of sp³-hybridized carbons (Fsp3) is 0.150. The lowest BCUT2D eigenvalue weighted by molar-refractivity contribution is 0.100. The van der Waals surface area contributed by atoms with Gasteiger partial charge in [0.2, 0.25) is 0 Å². The van der Waals surface area contributed by atoms with E-state index in [1.807, 2.05) is 30.3 Å². The zero-order valence-electron chi connectivity index (χ0n) is 14.7. The number of ketones is 1. The highest BCUT2D eigenvalue weighted by Crippen LogP contribution is 2.22. The molecular formula is C20H18N2O4S. The number of nitrogens with zero attached hydrogens (tertiary/aromatic N) is 1. The van der Waals surface area contributed by atoms with Gasteiger partial charge < -0.3 is 9.47 Å². The second kappa shape index (κ2) is 8.95. The molecular weight excluding hydrogens is 364 g/mol. The van der Waals surface area contributed by atoms with Crippen LogP contribution in [-0.2, 0) is 0 Å². The summed E-state index contributed by atoms with van der Waals surface area (Å²) in [6.45, 7) is 2.08. The number of benzene rings is 2. The third-order valence-electron chi connectivity index (χ3n) is 3.57. The van der Waals surface area contributed by atoms with Crippen LogP contribution in [0.2, 0.25) is 0 Å². The minimum Gasteiger partial charge on any atom is -0.490 e. The van der Waals surface area contributed by atoms with Crippen molar-refractivity contribution >= 4 is 28.2 Å². The first-order valence-corrected chi connectivity index (χ1v) is 9.19. The lowest BCUT2D eigenvalue weighted by Gasteiger charge is -2.11. The Morgan fingerprint density at radius 2 is 1.70 bits per heavy atom. The molecule has 138 valence electrons. The fourth-order valence-corrected chi connectivity index (χ4v) is 3.01. The molecule has 27 heavy (non-hydrogen) atoms. The van der Waals surface area contributed by atoms with E-state index in [2.05, 4.69) is 10.3 Å². The summed E-state index contributed by atoms with van der Waals surface area (Å²) in [5.41, 5.74) is 0.717. The number of rotatable bonds is 8. The Balaban J connectivity index is 1.59. The number of aromatic nitrogens is 1. The van der Waals surface area contributed by atoms with Crippen LogP contribution in [0.1, 0.15) is 27.8 Å². The number of carbonyl (C=O) groups is 2. The summed E-state index contributed by atoms with van der Waals surface area (Å²) in [6.07, 6.45) is 0. The number of thiazole rings is 1. The van der Waals surface area contributed by atoms with E-state index in [0.29, 0.717) is 35.4 Å². The van der Waals surface area contributed by atoms with Crippen molar-refractivity contribution in [2.75, 3.05) is 18.5 Å². The molecule has 0 saturated carbocycles. The van der Waals surface area contributed by atoms with E-state index in [1.165, 1.54) is 18.3 Å². The van der Waals surface area contributed by atoms with Crippen LogP contribution in [0.5, 0.6) is 11.5 Å². The summed E-state index contributed by atoms with van der Waals surface area (Å²) in [5, 5.41) is 4.68. The molecule has 1 heterocycles. The lowest BCUT2D eigenvalue weighted by atomic mass is 10.2. The Hall–Kier alpha value is -3.19. The van der Waals surface area contributed by atoms with Gasteiger partial charge >= 0.3 is 0 Å². The second-order valence-electron chi connectivity index (χ2n) is 5.55. The summed E-state index contributed by atoms with van der Waals surface area (Å²) in [4.78, 5) is 27.9. The highest BCUT2D eigenvalue weighted by atomic mass is 32.1. The molecule has 0 unspecified atom stereocenters. The smallest absolute Gasteiger partial charge is 0.261 e. The van der Waals surface area contributed by atoms with Crippen molar-refractivity contribution in [3.05, 3.63) is 71.2 Å². The summed E-state index contributed by atoms with van der Waals surface area (Å²) >= 11 is 1.20. The van der Waals surface area contributed by atoms with Crippen LogP contribution in [0, 0.1) is 0 Å². The number of para-hydroxylation sites is 2. The van der Waals surface area contributed by atoms with Gasteiger partial charge in [0, 0.05) is 12.3 Å². The van der Waals surface area contributed by atoms with Crippen molar-refractivity contribution < 1.29 is 19.1 Å². The van der Waals surface area contributed by atoms with Crippen molar-refractivity contribution in [2.45, 2.75) is 6.92 Å². The molecule has 0 spiro atoms. The van der Waals surface area contributed by atoms with Gasteiger partial charge in [0.25, 0.3) is 5.91 Å².